The molecule has 3 rings (SSSR count). The third kappa shape index (κ3) is 4.61. The largest absolute Gasteiger partial charge is 0.497 e. The fraction of sp³-hybridized carbons (Fsp3) is 0.0952. The molecule has 0 aliphatic rings. The molecule has 3 aromatic carbocycles. The molecule has 0 unspecified atom stereocenters. The predicted molar refractivity (Wildman–Crippen MR) is 101 cm³/mol. The number of rotatable bonds is 5. The van der Waals surface area contributed by atoms with Gasteiger partial charge in [-0.15, -0.1) is 0 Å². The summed E-state index contributed by atoms with van der Waals surface area (Å²) in [7, 11) is 1.63. The predicted octanol–water partition coefficient (Wildman–Crippen LogP) is 4.68. The van der Waals surface area contributed by atoms with Crippen LogP contribution in [0.5, 0.6) is 5.75 Å². The monoisotopic (exact) mass is 332 g/mol. The molecule has 25 heavy (non-hydrogen) atoms. The van der Waals surface area contributed by atoms with Crippen LogP contribution in [0.25, 0.3) is 11.1 Å². The van der Waals surface area contributed by atoms with Gasteiger partial charge in [0.15, 0.2) is 0 Å². The summed E-state index contributed by atoms with van der Waals surface area (Å²) in [6.45, 7) is 0.456. The number of nitrogens with one attached hydrogen (secondary N) is 2. The van der Waals surface area contributed by atoms with E-state index in [2.05, 4.69) is 22.8 Å². The van der Waals surface area contributed by atoms with Crippen LogP contribution in [0.2, 0.25) is 0 Å². The number of urea groups is 1. The minimum absolute atomic E-state index is 0.233. The quantitative estimate of drug-likeness (QED) is 0.712. The molecule has 2 amide bonds. The number of carbonyl (C=O) groups excluding carboxylic acids is 1. The summed E-state index contributed by atoms with van der Waals surface area (Å²) in [5.74, 6) is 0.798. The van der Waals surface area contributed by atoms with E-state index in [-0.39, 0.29) is 6.03 Å². The minimum atomic E-state index is -0.233. The lowest BCUT2D eigenvalue weighted by Crippen LogP contribution is -2.28. The number of methoxy groups -OCH3 is 1. The highest BCUT2D eigenvalue weighted by Crippen LogP contribution is 2.21. The van der Waals surface area contributed by atoms with Gasteiger partial charge in [0.1, 0.15) is 5.75 Å². The van der Waals surface area contributed by atoms with Gasteiger partial charge in [-0.25, -0.2) is 4.79 Å². The maximum atomic E-state index is 12.0. The van der Waals surface area contributed by atoms with Gasteiger partial charge in [0, 0.05) is 12.2 Å². The molecule has 0 bridgehead atoms. The lowest BCUT2D eigenvalue weighted by molar-refractivity contribution is 0.251. The number of ether oxygens (including phenoxy) is 1. The highest BCUT2D eigenvalue weighted by Gasteiger charge is 2.03. The van der Waals surface area contributed by atoms with E-state index in [1.807, 2.05) is 66.7 Å². The van der Waals surface area contributed by atoms with Gasteiger partial charge in [-0.2, -0.15) is 0 Å². The summed E-state index contributed by atoms with van der Waals surface area (Å²) < 4.78 is 5.12. The summed E-state index contributed by atoms with van der Waals surface area (Å²) in [4.78, 5) is 12.0. The number of amides is 2. The van der Waals surface area contributed by atoms with E-state index in [1.165, 1.54) is 0 Å². The second kappa shape index (κ2) is 8.02. The van der Waals surface area contributed by atoms with Crippen LogP contribution in [0.4, 0.5) is 10.5 Å². The van der Waals surface area contributed by atoms with Crippen LogP contribution in [0, 0.1) is 0 Å². The van der Waals surface area contributed by atoms with Gasteiger partial charge in [0.05, 0.1) is 7.11 Å². The van der Waals surface area contributed by atoms with Gasteiger partial charge >= 0.3 is 6.03 Å². The number of hydrogen-bond acceptors (Lipinski definition) is 2. The molecule has 0 spiro atoms. The van der Waals surface area contributed by atoms with Crippen molar-refractivity contribution in [2.75, 3.05) is 12.4 Å². The smallest absolute Gasteiger partial charge is 0.319 e. The Morgan fingerprint density at radius 2 is 1.48 bits per heavy atom. The van der Waals surface area contributed by atoms with Gasteiger partial charge in [0.25, 0.3) is 0 Å². The highest BCUT2D eigenvalue weighted by atomic mass is 16.5. The number of benzene rings is 3. The van der Waals surface area contributed by atoms with Gasteiger partial charge in [-0.05, 0) is 41.0 Å². The Hall–Kier alpha value is -3.27. The van der Waals surface area contributed by atoms with Crippen molar-refractivity contribution in [1.29, 1.82) is 0 Å². The van der Waals surface area contributed by atoms with Crippen LogP contribution in [0.1, 0.15) is 5.56 Å². The summed E-state index contributed by atoms with van der Waals surface area (Å²) in [5, 5.41) is 5.68. The average Bonchev–Trinajstić information content (AvgIpc) is 2.68. The van der Waals surface area contributed by atoms with E-state index in [4.69, 9.17) is 4.74 Å². The summed E-state index contributed by atoms with van der Waals surface area (Å²) in [6.07, 6.45) is 0. The van der Waals surface area contributed by atoms with Gasteiger partial charge in [-0.1, -0.05) is 54.6 Å². The summed E-state index contributed by atoms with van der Waals surface area (Å²) >= 11 is 0. The Bertz CT molecular complexity index is 813. The maximum absolute atomic E-state index is 12.0. The average molecular weight is 332 g/mol. The maximum Gasteiger partial charge on any atom is 0.319 e. The Morgan fingerprint density at radius 1 is 0.840 bits per heavy atom. The first-order valence-corrected chi connectivity index (χ1v) is 8.08. The molecule has 0 aliphatic heterocycles. The molecule has 0 aliphatic carbocycles. The zero-order valence-electron chi connectivity index (χ0n) is 14.0. The van der Waals surface area contributed by atoms with Gasteiger partial charge < -0.3 is 15.4 Å². The van der Waals surface area contributed by atoms with E-state index in [1.54, 1.807) is 7.11 Å². The second-order valence-corrected chi connectivity index (χ2v) is 5.60. The van der Waals surface area contributed by atoms with Crippen LogP contribution in [-0.4, -0.2) is 13.1 Å². The standard InChI is InChI=1S/C21H20N2O2/c1-25-20-13-7-16(8-14-20)15-22-21(24)23-19-11-9-18(10-12-19)17-5-3-2-4-6-17/h2-14H,15H2,1H3,(H2,22,23,24). The van der Waals surface area contributed by atoms with Gasteiger partial charge in [0.2, 0.25) is 0 Å². The van der Waals surface area contributed by atoms with Crippen molar-refractivity contribution >= 4 is 11.7 Å². The van der Waals surface area contributed by atoms with Crippen LogP contribution in [0.3, 0.4) is 0 Å². The van der Waals surface area contributed by atoms with Crippen molar-refractivity contribution in [3.05, 3.63) is 84.4 Å². The molecular formula is C21H20N2O2. The molecule has 4 nitrogen and oxygen atoms in total. The normalized spacial score (nSPS) is 10.1. The van der Waals surface area contributed by atoms with Crippen molar-refractivity contribution in [3.63, 3.8) is 0 Å². The lowest BCUT2D eigenvalue weighted by Gasteiger charge is -2.09. The number of hydrogen-bond donors (Lipinski definition) is 2. The van der Waals surface area contributed by atoms with Crippen LogP contribution in [0.15, 0.2) is 78.9 Å². The fourth-order valence-corrected chi connectivity index (χ4v) is 2.48. The fourth-order valence-electron chi connectivity index (χ4n) is 2.48. The summed E-state index contributed by atoms with van der Waals surface area (Å²) in [6, 6.07) is 25.3. The molecule has 0 saturated heterocycles. The number of carbonyl (C=O) groups is 1. The first kappa shape index (κ1) is 16.6. The molecule has 0 aromatic heterocycles. The summed E-state index contributed by atoms with van der Waals surface area (Å²) in [5.41, 5.74) is 4.03. The molecule has 2 N–H and O–H groups in total. The lowest BCUT2D eigenvalue weighted by atomic mass is 10.1. The van der Waals surface area contributed by atoms with Crippen LogP contribution in [-0.2, 0) is 6.54 Å². The molecular weight excluding hydrogens is 312 g/mol. The topological polar surface area (TPSA) is 50.4 Å². The molecule has 0 radical (unpaired) electrons. The van der Waals surface area contributed by atoms with E-state index in [9.17, 15) is 4.79 Å². The zero-order chi connectivity index (χ0) is 17.5. The van der Waals surface area contributed by atoms with Crippen molar-refractivity contribution in [1.82, 2.24) is 5.32 Å². The first-order chi connectivity index (χ1) is 12.2. The van der Waals surface area contributed by atoms with Crippen molar-refractivity contribution in [2.45, 2.75) is 6.54 Å². The molecule has 0 saturated carbocycles. The minimum Gasteiger partial charge on any atom is -0.497 e. The van der Waals surface area contributed by atoms with Crippen LogP contribution < -0.4 is 15.4 Å². The molecule has 126 valence electrons. The molecule has 0 fully saturated rings. The van der Waals surface area contributed by atoms with Crippen molar-refractivity contribution in [3.8, 4) is 16.9 Å². The third-order valence-corrected chi connectivity index (χ3v) is 3.86. The number of anilines is 1. The Kier molecular flexibility index (Phi) is 5.32. The van der Waals surface area contributed by atoms with Crippen LogP contribution >= 0.6 is 0 Å². The SMILES string of the molecule is COc1ccc(CNC(=O)Nc2ccc(-c3ccccc3)cc2)cc1. The van der Waals surface area contributed by atoms with E-state index < -0.39 is 0 Å². The molecule has 0 atom stereocenters. The molecule has 3 aromatic rings. The van der Waals surface area contributed by atoms with E-state index >= 15 is 0 Å². The second-order valence-electron chi connectivity index (χ2n) is 5.60. The first-order valence-electron chi connectivity index (χ1n) is 8.08. The highest BCUT2D eigenvalue weighted by molar-refractivity contribution is 5.89. The Balaban J connectivity index is 1.54. The van der Waals surface area contributed by atoms with E-state index in [0.29, 0.717) is 6.54 Å². The Labute approximate surface area is 147 Å². The molecule has 0 heterocycles. The molecule has 4 heteroatoms. The van der Waals surface area contributed by atoms with E-state index in [0.717, 1.165) is 28.1 Å². The zero-order valence-corrected chi connectivity index (χ0v) is 14.0. The third-order valence-electron chi connectivity index (χ3n) is 3.86. The Morgan fingerprint density at radius 3 is 2.12 bits per heavy atom. The van der Waals surface area contributed by atoms with Gasteiger partial charge in [-0.3, -0.25) is 0 Å². The van der Waals surface area contributed by atoms with Crippen molar-refractivity contribution < 1.29 is 9.53 Å². The van der Waals surface area contributed by atoms with Crippen molar-refractivity contribution in [2.24, 2.45) is 0 Å².